The van der Waals surface area contributed by atoms with Crippen LogP contribution >= 0.6 is 0 Å². The van der Waals surface area contributed by atoms with E-state index in [0.717, 1.165) is 5.52 Å². The van der Waals surface area contributed by atoms with E-state index in [1.165, 1.54) is 0 Å². The summed E-state index contributed by atoms with van der Waals surface area (Å²) in [6.07, 6.45) is 4.92. The number of H-pyrrole nitrogens is 3. The van der Waals surface area contributed by atoms with E-state index in [0.29, 0.717) is 64.2 Å². The summed E-state index contributed by atoms with van der Waals surface area (Å²) in [6, 6.07) is 5.10. The molecule has 174 valence electrons. The van der Waals surface area contributed by atoms with Gasteiger partial charge in [0.2, 0.25) is 0 Å². The maximum absolute atomic E-state index is 13.2. The summed E-state index contributed by atoms with van der Waals surface area (Å²) in [5, 5.41) is 10.4. The van der Waals surface area contributed by atoms with Crippen LogP contribution in [0.25, 0.3) is 33.5 Å². The van der Waals surface area contributed by atoms with Crippen LogP contribution in [0.3, 0.4) is 0 Å². The van der Waals surface area contributed by atoms with Crippen molar-refractivity contribution in [3.05, 3.63) is 53.0 Å². The van der Waals surface area contributed by atoms with Crippen LogP contribution in [-0.4, -0.2) is 48.3 Å². The number of nitrogens with zero attached hydrogens (tertiary/aromatic N) is 4. The van der Waals surface area contributed by atoms with Crippen molar-refractivity contribution in [1.29, 1.82) is 0 Å². The Bertz CT molecular complexity index is 1460. The molecule has 4 heterocycles. The van der Waals surface area contributed by atoms with Crippen molar-refractivity contribution < 1.29 is 9.47 Å². The lowest BCUT2D eigenvalue weighted by Gasteiger charge is -2.16. The van der Waals surface area contributed by atoms with Crippen molar-refractivity contribution in [3.63, 3.8) is 0 Å². The molecule has 0 saturated carbocycles. The molecule has 0 aliphatic carbocycles. The third-order valence-electron chi connectivity index (χ3n) is 5.33. The van der Waals surface area contributed by atoms with E-state index in [4.69, 9.17) is 14.5 Å². The third-order valence-corrected chi connectivity index (χ3v) is 5.33. The van der Waals surface area contributed by atoms with Gasteiger partial charge >= 0.3 is 0 Å². The number of pyridine rings is 1. The van der Waals surface area contributed by atoms with Crippen LogP contribution in [0.1, 0.15) is 32.6 Å². The molecule has 11 nitrogen and oxygen atoms in total. The van der Waals surface area contributed by atoms with E-state index in [-0.39, 0.29) is 11.6 Å². The van der Waals surface area contributed by atoms with Crippen LogP contribution in [0.5, 0.6) is 11.5 Å². The number of aromatic nitrogens is 7. The quantitative estimate of drug-likeness (QED) is 0.275. The zero-order valence-corrected chi connectivity index (χ0v) is 19.0. The van der Waals surface area contributed by atoms with Crippen molar-refractivity contribution in [1.82, 2.24) is 35.1 Å². The molecule has 0 spiro atoms. The topological polar surface area (TPSA) is 146 Å². The second-order valence-electron chi connectivity index (χ2n) is 7.60. The van der Waals surface area contributed by atoms with Gasteiger partial charge in [0, 0.05) is 24.5 Å². The molecule has 5 aromatic rings. The molecule has 0 saturated heterocycles. The Morgan fingerprint density at radius 1 is 1.03 bits per heavy atom. The fourth-order valence-electron chi connectivity index (χ4n) is 3.85. The lowest BCUT2D eigenvalue weighted by atomic mass is 10.1. The van der Waals surface area contributed by atoms with E-state index < -0.39 is 0 Å². The molecule has 1 aromatic carbocycles. The number of aromatic amines is 3. The maximum Gasteiger partial charge on any atom is 0.261 e. The Morgan fingerprint density at radius 3 is 2.50 bits per heavy atom. The van der Waals surface area contributed by atoms with Crippen LogP contribution in [0, 0.1) is 0 Å². The van der Waals surface area contributed by atoms with E-state index in [1.807, 2.05) is 26.8 Å². The van der Waals surface area contributed by atoms with E-state index >= 15 is 0 Å². The summed E-state index contributed by atoms with van der Waals surface area (Å²) in [7, 11) is 0. The Morgan fingerprint density at radius 2 is 1.76 bits per heavy atom. The van der Waals surface area contributed by atoms with Crippen molar-refractivity contribution in [2.45, 2.75) is 26.8 Å². The highest BCUT2D eigenvalue weighted by Crippen LogP contribution is 2.35. The summed E-state index contributed by atoms with van der Waals surface area (Å²) < 4.78 is 11.5. The van der Waals surface area contributed by atoms with Crippen molar-refractivity contribution in [2.24, 2.45) is 0 Å². The molecule has 0 bridgehead atoms. The maximum atomic E-state index is 13.2. The standard InChI is InChI=1S/C23H24N8O3/c1-4-33-16-9-13-14(10-17(16)34-5-2)29-22(28-13)18-20(19-15(11-26-31-19)30-23(18)32)27-12(3)21-24-7-6-8-25-21/h6-12H,4-5H2,1-3H3,(H,26,31)(H,28,29)(H2,27,30,32)/t12-/m0/s1. The van der Waals surface area contributed by atoms with Gasteiger partial charge in [-0.3, -0.25) is 9.89 Å². The number of hydrogen-bond acceptors (Lipinski definition) is 8. The first-order valence-electron chi connectivity index (χ1n) is 11.0. The predicted octanol–water partition coefficient (Wildman–Crippen LogP) is 3.56. The first-order chi connectivity index (χ1) is 16.6. The minimum absolute atomic E-state index is 0.285. The number of benzene rings is 1. The molecular formula is C23H24N8O3. The van der Waals surface area contributed by atoms with Gasteiger partial charge in [-0.15, -0.1) is 0 Å². The molecule has 0 aliphatic heterocycles. The van der Waals surface area contributed by atoms with Crippen molar-refractivity contribution in [2.75, 3.05) is 18.5 Å². The molecule has 4 N–H and O–H groups in total. The molecule has 5 rings (SSSR count). The van der Waals surface area contributed by atoms with Gasteiger partial charge < -0.3 is 24.8 Å². The van der Waals surface area contributed by atoms with Gasteiger partial charge in [0.05, 0.1) is 47.7 Å². The zero-order chi connectivity index (χ0) is 23.7. The van der Waals surface area contributed by atoms with Crippen LogP contribution in [0.4, 0.5) is 5.69 Å². The van der Waals surface area contributed by atoms with Crippen LogP contribution in [-0.2, 0) is 0 Å². The average molecular weight is 460 g/mol. The lowest BCUT2D eigenvalue weighted by Crippen LogP contribution is -2.17. The van der Waals surface area contributed by atoms with Gasteiger partial charge in [-0.05, 0) is 26.8 Å². The Labute approximate surface area is 194 Å². The molecule has 0 radical (unpaired) electrons. The molecule has 0 fully saturated rings. The largest absolute Gasteiger partial charge is 0.490 e. The summed E-state index contributed by atoms with van der Waals surface area (Å²) >= 11 is 0. The highest BCUT2D eigenvalue weighted by atomic mass is 16.5. The molecule has 4 aromatic heterocycles. The van der Waals surface area contributed by atoms with Crippen LogP contribution in [0.2, 0.25) is 0 Å². The molecule has 11 heteroatoms. The third kappa shape index (κ3) is 3.81. The van der Waals surface area contributed by atoms with E-state index in [2.05, 4.69) is 35.5 Å². The number of imidazole rings is 1. The Hall–Kier alpha value is -4.41. The minimum Gasteiger partial charge on any atom is -0.490 e. The average Bonchev–Trinajstić information content (AvgIpc) is 3.46. The van der Waals surface area contributed by atoms with E-state index in [9.17, 15) is 4.79 Å². The molecular weight excluding hydrogens is 436 g/mol. The summed E-state index contributed by atoms with van der Waals surface area (Å²) in [5.41, 5.74) is 3.16. The summed E-state index contributed by atoms with van der Waals surface area (Å²) in [6.45, 7) is 6.73. The number of hydrogen-bond donors (Lipinski definition) is 4. The number of nitrogens with one attached hydrogen (secondary N) is 4. The van der Waals surface area contributed by atoms with Crippen LogP contribution in [0.15, 0.2) is 41.6 Å². The number of anilines is 1. The van der Waals surface area contributed by atoms with Crippen molar-refractivity contribution in [3.8, 4) is 22.9 Å². The van der Waals surface area contributed by atoms with Gasteiger partial charge in [-0.25, -0.2) is 15.0 Å². The second-order valence-corrected chi connectivity index (χ2v) is 7.60. The smallest absolute Gasteiger partial charge is 0.261 e. The summed E-state index contributed by atoms with van der Waals surface area (Å²) in [5.74, 6) is 2.19. The second kappa shape index (κ2) is 8.85. The SMILES string of the molecule is CCOc1cc2nc(-c3c(N[C@@H](C)c4ncccn4)c4[nH]ncc4[nH]c3=O)[nH]c2cc1OCC. The number of ether oxygens (including phenoxy) is 2. The highest BCUT2D eigenvalue weighted by molar-refractivity contribution is 5.96. The lowest BCUT2D eigenvalue weighted by molar-refractivity contribution is 0.288. The number of fused-ring (bicyclic) bond motifs is 2. The van der Waals surface area contributed by atoms with Gasteiger partial charge in [0.15, 0.2) is 11.5 Å². The van der Waals surface area contributed by atoms with Gasteiger partial charge in [0.25, 0.3) is 5.56 Å². The predicted molar refractivity (Wildman–Crippen MR) is 128 cm³/mol. The monoisotopic (exact) mass is 460 g/mol. The van der Waals surface area contributed by atoms with Gasteiger partial charge in [-0.1, -0.05) is 0 Å². The fraction of sp³-hybridized carbons (Fsp3) is 0.261. The fourth-order valence-corrected chi connectivity index (χ4v) is 3.85. The minimum atomic E-state index is -0.313. The first kappa shape index (κ1) is 21.4. The Kier molecular flexibility index (Phi) is 5.58. The Balaban J connectivity index is 1.66. The normalized spacial score (nSPS) is 12.2. The molecule has 34 heavy (non-hydrogen) atoms. The van der Waals surface area contributed by atoms with Crippen LogP contribution < -0.4 is 20.3 Å². The molecule has 0 unspecified atom stereocenters. The molecule has 0 amide bonds. The van der Waals surface area contributed by atoms with Gasteiger partial charge in [-0.2, -0.15) is 5.10 Å². The highest BCUT2D eigenvalue weighted by Gasteiger charge is 2.22. The molecule has 1 atom stereocenters. The molecule has 0 aliphatic rings. The van der Waals surface area contributed by atoms with Gasteiger partial charge in [0.1, 0.15) is 22.7 Å². The number of rotatable bonds is 8. The summed E-state index contributed by atoms with van der Waals surface area (Å²) in [4.78, 5) is 32.7. The zero-order valence-electron chi connectivity index (χ0n) is 19.0. The van der Waals surface area contributed by atoms with Crippen molar-refractivity contribution >= 4 is 27.8 Å². The van der Waals surface area contributed by atoms with E-state index in [1.54, 1.807) is 30.7 Å². The first-order valence-corrected chi connectivity index (χ1v) is 11.0.